The number of benzene rings is 2. The zero-order valence-electron chi connectivity index (χ0n) is 16.3. The lowest BCUT2D eigenvalue weighted by Gasteiger charge is -2.29. The maximum Gasteiger partial charge on any atom is 0.271 e. The van der Waals surface area contributed by atoms with Crippen molar-refractivity contribution in [2.75, 3.05) is 13.2 Å². The first-order valence-electron chi connectivity index (χ1n) is 9.75. The number of hydrogen-bond donors (Lipinski definition) is 0. The van der Waals surface area contributed by atoms with Crippen molar-refractivity contribution < 1.29 is 9.53 Å². The summed E-state index contributed by atoms with van der Waals surface area (Å²) in [7, 11) is 0. The van der Waals surface area contributed by atoms with E-state index in [4.69, 9.17) is 4.74 Å². The van der Waals surface area contributed by atoms with Gasteiger partial charge >= 0.3 is 0 Å². The Hall–Kier alpha value is -2.75. The molecule has 1 amide bonds. The van der Waals surface area contributed by atoms with Gasteiger partial charge in [0.05, 0.1) is 6.61 Å². The van der Waals surface area contributed by atoms with Gasteiger partial charge in [0.25, 0.3) is 5.91 Å². The van der Waals surface area contributed by atoms with Crippen LogP contribution >= 0.6 is 0 Å². The minimum atomic E-state index is 0.123. The van der Waals surface area contributed by atoms with Crippen molar-refractivity contribution in [1.29, 1.82) is 0 Å². The van der Waals surface area contributed by atoms with Crippen LogP contribution in [0, 0.1) is 6.92 Å². The van der Waals surface area contributed by atoms with Crippen LogP contribution in [-0.4, -0.2) is 28.5 Å². The van der Waals surface area contributed by atoms with Gasteiger partial charge in [-0.25, -0.2) is 0 Å². The number of carbonyl (C=O) groups excluding carboxylic acids is 1. The predicted molar refractivity (Wildman–Crippen MR) is 108 cm³/mol. The van der Waals surface area contributed by atoms with Crippen LogP contribution in [0.1, 0.15) is 41.0 Å². The number of nitrogens with zero attached hydrogens (tertiary/aromatic N) is 2. The van der Waals surface area contributed by atoms with Crippen molar-refractivity contribution >= 4 is 16.8 Å². The fraction of sp³-hybridized carbons (Fsp3) is 0.348. The lowest BCUT2D eigenvalue weighted by atomic mass is 9.99. The van der Waals surface area contributed by atoms with Gasteiger partial charge in [-0.3, -0.25) is 4.79 Å². The molecule has 0 atom stereocenters. The molecule has 4 nitrogen and oxygen atoms in total. The highest BCUT2D eigenvalue weighted by atomic mass is 16.5. The summed E-state index contributed by atoms with van der Waals surface area (Å²) in [6.45, 7) is 8.99. The van der Waals surface area contributed by atoms with E-state index in [0.717, 1.165) is 47.4 Å². The van der Waals surface area contributed by atoms with Gasteiger partial charge in [0.1, 0.15) is 11.4 Å². The summed E-state index contributed by atoms with van der Waals surface area (Å²) < 4.78 is 7.81. The van der Waals surface area contributed by atoms with Crippen molar-refractivity contribution in [1.82, 2.24) is 9.47 Å². The third-order valence-electron chi connectivity index (χ3n) is 5.54. The molecule has 1 aliphatic rings. The predicted octanol–water partition coefficient (Wildman–Crippen LogP) is 4.57. The van der Waals surface area contributed by atoms with E-state index in [2.05, 4.69) is 54.8 Å². The highest BCUT2D eigenvalue weighted by Crippen LogP contribution is 2.31. The van der Waals surface area contributed by atoms with Crippen LogP contribution in [-0.2, 0) is 19.5 Å². The van der Waals surface area contributed by atoms with Gasteiger partial charge in [-0.15, -0.1) is 0 Å². The molecule has 2 heterocycles. The highest BCUT2D eigenvalue weighted by Gasteiger charge is 2.27. The zero-order chi connectivity index (χ0) is 19.0. The molecule has 1 aliphatic heterocycles. The van der Waals surface area contributed by atoms with Gasteiger partial charge in [-0.05, 0) is 62.1 Å². The molecule has 0 spiro atoms. The third kappa shape index (κ3) is 2.99. The first-order chi connectivity index (χ1) is 13.1. The number of carbonyl (C=O) groups is 1. The maximum absolute atomic E-state index is 13.5. The summed E-state index contributed by atoms with van der Waals surface area (Å²) in [4.78, 5) is 15.4. The first-order valence-corrected chi connectivity index (χ1v) is 9.75. The molecule has 0 saturated heterocycles. The quantitative estimate of drug-likeness (QED) is 0.681. The smallest absolute Gasteiger partial charge is 0.271 e. The summed E-state index contributed by atoms with van der Waals surface area (Å²) in [6.07, 6.45) is 0.918. The van der Waals surface area contributed by atoms with Crippen molar-refractivity contribution in [3.8, 4) is 5.75 Å². The number of aromatic nitrogens is 1. The number of hydrogen-bond acceptors (Lipinski definition) is 2. The normalized spacial score (nSPS) is 13.7. The molecule has 0 radical (unpaired) electrons. The van der Waals surface area contributed by atoms with Gasteiger partial charge in [0.2, 0.25) is 0 Å². The van der Waals surface area contributed by atoms with E-state index in [9.17, 15) is 4.79 Å². The minimum Gasteiger partial charge on any atom is -0.494 e. The average molecular weight is 362 g/mol. The summed E-state index contributed by atoms with van der Waals surface area (Å²) in [6, 6.07) is 14.5. The topological polar surface area (TPSA) is 34.5 Å². The molecule has 0 bridgehead atoms. The van der Waals surface area contributed by atoms with Gasteiger partial charge in [-0.2, -0.15) is 0 Å². The molecule has 0 fully saturated rings. The zero-order valence-corrected chi connectivity index (χ0v) is 16.3. The van der Waals surface area contributed by atoms with Gasteiger partial charge in [-0.1, -0.05) is 24.3 Å². The maximum atomic E-state index is 13.5. The number of aryl methyl sites for hydroxylation is 2. The molecule has 0 aliphatic carbocycles. The molecule has 4 heteroatoms. The molecule has 3 aromatic rings. The molecule has 4 rings (SSSR count). The van der Waals surface area contributed by atoms with E-state index in [0.29, 0.717) is 13.2 Å². The standard InChI is InChI=1S/C23H26N2O2/c1-4-25-21-11-10-19(27-5-2)14-20(21)16(3)22(25)23(26)24-13-12-17-8-6-7-9-18(17)15-24/h6-11,14H,4-5,12-13,15H2,1-3H3. The van der Waals surface area contributed by atoms with E-state index in [1.807, 2.05) is 17.9 Å². The number of ether oxygens (including phenoxy) is 1. The van der Waals surface area contributed by atoms with Gasteiger partial charge < -0.3 is 14.2 Å². The van der Waals surface area contributed by atoms with Crippen LogP contribution in [0.25, 0.3) is 10.9 Å². The van der Waals surface area contributed by atoms with Crippen LogP contribution in [0.15, 0.2) is 42.5 Å². The minimum absolute atomic E-state index is 0.123. The lowest BCUT2D eigenvalue weighted by Crippen LogP contribution is -2.37. The molecule has 2 aromatic carbocycles. The van der Waals surface area contributed by atoms with Crippen molar-refractivity contribution in [2.24, 2.45) is 0 Å². The number of fused-ring (bicyclic) bond motifs is 2. The third-order valence-corrected chi connectivity index (χ3v) is 5.54. The average Bonchev–Trinajstić information content (AvgIpc) is 2.98. The number of amides is 1. The summed E-state index contributed by atoms with van der Waals surface area (Å²) in [5, 5.41) is 1.10. The summed E-state index contributed by atoms with van der Waals surface area (Å²) in [5.41, 5.74) is 5.56. The highest BCUT2D eigenvalue weighted by molar-refractivity contribution is 6.02. The van der Waals surface area contributed by atoms with Gasteiger partial charge in [0.15, 0.2) is 0 Å². The largest absolute Gasteiger partial charge is 0.494 e. The Morgan fingerprint density at radius 1 is 1.11 bits per heavy atom. The van der Waals surface area contributed by atoms with E-state index >= 15 is 0 Å². The monoisotopic (exact) mass is 362 g/mol. The Balaban J connectivity index is 1.74. The fourth-order valence-electron chi connectivity index (χ4n) is 4.18. The van der Waals surface area contributed by atoms with Gasteiger partial charge in [0, 0.05) is 30.5 Å². The second-order valence-electron chi connectivity index (χ2n) is 7.08. The Morgan fingerprint density at radius 3 is 2.63 bits per heavy atom. The van der Waals surface area contributed by atoms with Crippen molar-refractivity contribution in [3.05, 3.63) is 64.8 Å². The first kappa shape index (κ1) is 17.7. The second kappa shape index (κ2) is 7.10. The summed E-state index contributed by atoms with van der Waals surface area (Å²) >= 11 is 0. The van der Waals surface area contributed by atoms with Crippen LogP contribution in [0.5, 0.6) is 5.75 Å². The van der Waals surface area contributed by atoms with E-state index in [1.165, 1.54) is 11.1 Å². The number of rotatable bonds is 4. The molecule has 0 unspecified atom stereocenters. The molecule has 0 saturated carbocycles. The van der Waals surface area contributed by atoms with E-state index < -0.39 is 0 Å². The summed E-state index contributed by atoms with van der Waals surface area (Å²) in [5.74, 6) is 0.977. The van der Waals surface area contributed by atoms with E-state index in [1.54, 1.807) is 0 Å². The molecule has 0 N–H and O–H groups in total. The molecule has 27 heavy (non-hydrogen) atoms. The molecular formula is C23H26N2O2. The molecule has 140 valence electrons. The lowest BCUT2D eigenvalue weighted by molar-refractivity contribution is 0.0723. The Morgan fingerprint density at radius 2 is 1.89 bits per heavy atom. The van der Waals surface area contributed by atoms with Crippen molar-refractivity contribution in [2.45, 2.75) is 40.3 Å². The van der Waals surface area contributed by atoms with Crippen LogP contribution in [0.3, 0.4) is 0 Å². The van der Waals surface area contributed by atoms with Crippen LogP contribution < -0.4 is 4.74 Å². The second-order valence-corrected chi connectivity index (χ2v) is 7.08. The van der Waals surface area contributed by atoms with E-state index in [-0.39, 0.29) is 5.91 Å². The Labute approximate surface area is 160 Å². The van der Waals surface area contributed by atoms with Crippen molar-refractivity contribution in [3.63, 3.8) is 0 Å². The Kier molecular flexibility index (Phi) is 4.65. The molecular weight excluding hydrogens is 336 g/mol. The SMILES string of the molecule is CCOc1ccc2c(c1)c(C)c(C(=O)N1CCc3ccccc3C1)n2CC. The fourth-order valence-corrected chi connectivity index (χ4v) is 4.18. The van der Waals surface area contributed by atoms with Crippen LogP contribution in [0.4, 0.5) is 0 Å². The molecule has 1 aromatic heterocycles. The van der Waals surface area contributed by atoms with Crippen LogP contribution in [0.2, 0.25) is 0 Å². The Bertz CT molecular complexity index is 1000.